The molecule has 3 nitrogen and oxygen atoms in total. The van der Waals surface area contributed by atoms with Crippen LogP contribution in [0.25, 0.3) is 0 Å². The van der Waals surface area contributed by atoms with Crippen LogP contribution >= 0.6 is 34.5 Å². The van der Waals surface area contributed by atoms with Gasteiger partial charge >= 0.3 is 12.1 Å². The minimum Gasteiger partial charge on any atom is -0.301 e. The fourth-order valence-electron chi connectivity index (χ4n) is 0.532. The van der Waals surface area contributed by atoms with E-state index in [0.29, 0.717) is 0 Å². The van der Waals surface area contributed by atoms with Crippen LogP contribution in [0.4, 0.5) is 19.0 Å². The van der Waals surface area contributed by atoms with Gasteiger partial charge < -0.3 is 5.32 Å². The molecule has 0 radical (unpaired) electrons. The molecule has 14 heavy (non-hydrogen) atoms. The van der Waals surface area contributed by atoms with Crippen LogP contribution in [0.1, 0.15) is 0 Å². The van der Waals surface area contributed by atoms with Crippen molar-refractivity contribution in [3.05, 3.63) is 8.80 Å². The number of carbonyl (C=O) groups is 1. The molecule has 0 unspecified atom stereocenters. The Morgan fingerprint density at radius 3 is 2.36 bits per heavy atom. The van der Waals surface area contributed by atoms with Crippen molar-refractivity contribution in [1.29, 1.82) is 0 Å². The van der Waals surface area contributed by atoms with Gasteiger partial charge in [0.2, 0.25) is 0 Å². The fraction of sp³-hybridized carbons (Fsp3) is 0.200. The highest BCUT2D eigenvalue weighted by molar-refractivity contribution is 7.20. The molecule has 0 aliphatic heterocycles. The number of rotatable bonds is 1. The van der Waals surface area contributed by atoms with Gasteiger partial charge in [-0.15, -0.1) is 0 Å². The first-order chi connectivity index (χ1) is 6.30. The number of thiazole rings is 1. The largest absolute Gasteiger partial charge is 0.471 e. The second-order valence-electron chi connectivity index (χ2n) is 2.04. The van der Waals surface area contributed by atoms with Crippen LogP contribution in [0.15, 0.2) is 0 Å². The Hall–Kier alpha value is -0.530. The Morgan fingerprint density at radius 1 is 1.43 bits per heavy atom. The van der Waals surface area contributed by atoms with Crippen molar-refractivity contribution in [2.75, 3.05) is 5.32 Å². The SMILES string of the molecule is O=C(Nc1nc(Cl)sc1Cl)C(F)(F)F. The number of carbonyl (C=O) groups excluding carboxylic acids is 1. The second kappa shape index (κ2) is 3.92. The smallest absolute Gasteiger partial charge is 0.301 e. The Morgan fingerprint density at radius 2 is 2.00 bits per heavy atom. The van der Waals surface area contributed by atoms with E-state index in [4.69, 9.17) is 23.2 Å². The Kier molecular flexibility index (Phi) is 3.23. The van der Waals surface area contributed by atoms with Gasteiger partial charge in [-0.3, -0.25) is 4.79 Å². The number of anilines is 1. The minimum atomic E-state index is -4.97. The molecule has 0 saturated carbocycles. The molecule has 1 N–H and O–H groups in total. The van der Waals surface area contributed by atoms with Crippen molar-refractivity contribution >= 4 is 46.3 Å². The van der Waals surface area contributed by atoms with Crippen LogP contribution in [-0.4, -0.2) is 17.1 Å². The van der Waals surface area contributed by atoms with Crippen molar-refractivity contribution in [3.8, 4) is 0 Å². The molecule has 1 rings (SSSR count). The molecule has 78 valence electrons. The van der Waals surface area contributed by atoms with Crippen LogP contribution in [0.2, 0.25) is 8.80 Å². The summed E-state index contributed by atoms with van der Waals surface area (Å²) in [5.41, 5.74) is 0. The summed E-state index contributed by atoms with van der Waals surface area (Å²) in [6, 6.07) is 0. The summed E-state index contributed by atoms with van der Waals surface area (Å²) < 4.78 is 35.1. The van der Waals surface area contributed by atoms with Gasteiger partial charge in [-0.2, -0.15) is 13.2 Å². The van der Waals surface area contributed by atoms with E-state index < -0.39 is 12.1 Å². The van der Waals surface area contributed by atoms with Crippen molar-refractivity contribution in [1.82, 2.24) is 4.98 Å². The monoisotopic (exact) mass is 264 g/mol. The molecule has 0 aliphatic rings. The summed E-state index contributed by atoms with van der Waals surface area (Å²) in [6.07, 6.45) is -4.97. The third-order valence-electron chi connectivity index (χ3n) is 1.05. The van der Waals surface area contributed by atoms with E-state index in [2.05, 4.69) is 4.98 Å². The van der Waals surface area contributed by atoms with Gasteiger partial charge in [0.1, 0.15) is 4.34 Å². The molecule has 1 aromatic rings. The van der Waals surface area contributed by atoms with Crippen molar-refractivity contribution in [2.24, 2.45) is 0 Å². The van der Waals surface area contributed by atoms with Crippen molar-refractivity contribution in [2.45, 2.75) is 6.18 Å². The number of nitrogens with one attached hydrogen (secondary N) is 1. The lowest BCUT2D eigenvalue weighted by Gasteiger charge is -2.04. The predicted molar refractivity (Wildman–Crippen MR) is 46.8 cm³/mol. The standard InChI is InChI=1S/C5HCl2F3N2OS/c6-1-2(12-4(7)14-1)11-3(13)5(8,9)10/h(H,11,13). The lowest BCUT2D eigenvalue weighted by molar-refractivity contribution is -0.167. The maximum Gasteiger partial charge on any atom is 0.471 e. The third-order valence-corrected chi connectivity index (χ3v) is 2.41. The third kappa shape index (κ3) is 2.73. The second-order valence-corrected chi connectivity index (χ2v) is 4.22. The maximum atomic E-state index is 11.8. The molecule has 1 heterocycles. The predicted octanol–water partition coefficient (Wildman–Crippen LogP) is 2.95. The topological polar surface area (TPSA) is 42.0 Å². The number of aromatic nitrogens is 1. The number of amides is 1. The normalized spacial score (nSPS) is 11.5. The molecular formula is C5HCl2F3N2OS. The van der Waals surface area contributed by atoms with Crippen LogP contribution in [0.5, 0.6) is 0 Å². The first kappa shape index (κ1) is 11.5. The summed E-state index contributed by atoms with van der Waals surface area (Å²) in [7, 11) is 0. The first-order valence-electron chi connectivity index (χ1n) is 3.00. The molecule has 1 amide bonds. The van der Waals surface area contributed by atoms with Crippen molar-refractivity contribution in [3.63, 3.8) is 0 Å². The van der Waals surface area contributed by atoms with Crippen LogP contribution in [0, 0.1) is 0 Å². The zero-order valence-corrected chi connectivity index (χ0v) is 8.48. The number of nitrogens with zero attached hydrogens (tertiary/aromatic N) is 1. The summed E-state index contributed by atoms with van der Waals surface area (Å²) in [5, 5.41) is 1.49. The van der Waals surface area contributed by atoms with Gasteiger partial charge in [0.15, 0.2) is 10.3 Å². The van der Waals surface area contributed by atoms with E-state index in [9.17, 15) is 18.0 Å². The first-order valence-corrected chi connectivity index (χ1v) is 4.58. The molecule has 0 atom stereocenters. The van der Waals surface area contributed by atoms with Gasteiger partial charge in [-0.1, -0.05) is 34.5 Å². The van der Waals surface area contributed by atoms with Crippen LogP contribution in [0.3, 0.4) is 0 Å². The number of alkyl halides is 3. The number of hydrogen-bond acceptors (Lipinski definition) is 3. The zero-order chi connectivity index (χ0) is 10.9. The van der Waals surface area contributed by atoms with Gasteiger partial charge in [0, 0.05) is 0 Å². The maximum absolute atomic E-state index is 11.8. The molecule has 9 heteroatoms. The summed E-state index contributed by atoms with van der Waals surface area (Å²) >= 11 is 11.5. The molecule has 0 aromatic carbocycles. The Balaban J connectivity index is 2.80. The highest BCUT2D eigenvalue weighted by Gasteiger charge is 2.39. The average molecular weight is 265 g/mol. The summed E-state index contributed by atoms with van der Waals surface area (Å²) in [6.45, 7) is 0. The van der Waals surface area contributed by atoms with Crippen LogP contribution in [-0.2, 0) is 4.79 Å². The lowest BCUT2D eigenvalue weighted by Crippen LogP contribution is -2.30. The van der Waals surface area contributed by atoms with E-state index in [1.54, 1.807) is 0 Å². The Labute approximate surface area is 89.8 Å². The molecule has 0 fully saturated rings. The van der Waals surface area contributed by atoms with E-state index in [1.807, 2.05) is 0 Å². The van der Waals surface area contributed by atoms with Crippen molar-refractivity contribution < 1.29 is 18.0 Å². The zero-order valence-electron chi connectivity index (χ0n) is 6.15. The molecule has 1 aromatic heterocycles. The lowest BCUT2D eigenvalue weighted by atomic mass is 10.6. The van der Waals surface area contributed by atoms with Gasteiger partial charge in [0.05, 0.1) is 0 Å². The van der Waals surface area contributed by atoms with Gasteiger partial charge in [-0.05, 0) is 0 Å². The highest BCUT2D eigenvalue weighted by Crippen LogP contribution is 2.32. The number of hydrogen-bond donors (Lipinski definition) is 1. The van der Waals surface area contributed by atoms with Gasteiger partial charge in [-0.25, -0.2) is 4.98 Å². The van der Waals surface area contributed by atoms with E-state index in [0.717, 1.165) is 11.3 Å². The summed E-state index contributed by atoms with van der Waals surface area (Å²) in [4.78, 5) is 13.8. The van der Waals surface area contributed by atoms with E-state index in [1.165, 1.54) is 5.32 Å². The fourth-order valence-corrected chi connectivity index (χ4v) is 1.75. The van der Waals surface area contributed by atoms with E-state index in [-0.39, 0.29) is 14.6 Å². The van der Waals surface area contributed by atoms with Crippen LogP contribution < -0.4 is 5.32 Å². The molecule has 0 aliphatic carbocycles. The quantitative estimate of drug-likeness (QED) is 0.848. The highest BCUT2D eigenvalue weighted by atomic mass is 35.5. The number of halogens is 5. The molecule has 0 saturated heterocycles. The van der Waals surface area contributed by atoms with Gasteiger partial charge in [0.25, 0.3) is 0 Å². The molecular weight excluding hydrogens is 264 g/mol. The minimum absolute atomic E-state index is 0.0486. The Bertz CT molecular complexity index is 364. The molecule has 0 spiro atoms. The summed E-state index contributed by atoms with van der Waals surface area (Å²) in [5.74, 6) is -2.52. The molecule has 0 bridgehead atoms. The average Bonchev–Trinajstić information content (AvgIpc) is 2.28. The van der Waals surface area contributed by atoms with E-state index >= 15 is 0 Å².